The summed E-state index contributed by atoms with van der Waals surface area (Å²) in [5.41, 5.74) is 6.20. The Morgan fingerprint density at radius 2 is 2.05 bits per heavy atom. The first-order valence-corrected chi connectivity index (χ1v) is 8.45. The number of ketones is 1. The molecular weight excluding hydrogens is 288 g/mol. The van der Waals surface area contributed by atoms with E-state index in [4.69, 9.17) is 5.73 Å². The molecule has 1 fully saturated rings. The van der Waals surface area contributed by atoms with Crippen LogP contribution in [-0.2, 0) is 10.0 Å². The van der Waals surface area contributed by atoms with Crippen molar-refractivity contribution in [2.45, 2.75) is 38.1 Å². The minimum absolute atomic E-state index is 0.00694. The maximum atomic E-state index is 12.7. The molecule has 1 aromatic carbocycles. The third-order valence-electron chi connectivity index (χ3n) is 4.16. The lowest BCUT2D eigenvalue weighted by atomic mass is 9.81. The molecule has 1 aromatic rings. The molecule has 21 heavy (non-hydrogen) atoms. The molecule has 1 unspecified atom stereocenters. The number of benzene rings is 1. The molecule has 5 nitrogen and oxygen atoms in total. The second-order valence-corrected chi connectivity index (χ2v) is 8.24. The van der Waals surface area contributed by atoms with Gasteiger partial charge in [-0.25, -0.2) is 8.42 Å². The Balaban J connectivity index is 2.34. The van der Waals surface area contributed by atoms with Gasteiger partial charge < -0.3 is 5.73 Å². The number of hydrogen-bond acceptors (Lipinski definition) is 4. The number of hydrogen-bond donors (Lipinski definition) is 1. The summed E-state index contributed by atoms with van der Waals surface area (Å²) in [7, 11) is -3.59. The smallest absolute Gasteiger partial charge is 0.243 e. The zero-order valence-electron chi connectivity index (χ0n) is 12.7. The number of carbonyl (C=O) groups excluding carboxylic acids is 1. The number of nitrogens with zero attached hydrogens (tertiary/aromatic N) is 1. The van der Waals surface area contributed by atoms with Crippen molar-refractivity contribution in [2.24, 2.45) is 11.1 Å². The highest BCUT2D eigenvalue weighted by molar-refractivity contribution is 7.89. The molecular formula is C15H22N2O3S. The molecule has 116 valence electrons. The predicted molar refractivity (Wildman–Crippen MR) is 81.6 cm³/mol. The van der Waals surface area contributed by atoms with E-state index in [0.717, 1.165) is 0 Å². The van der Waals surface area contributed by atoms with Gasteiger partial charge in [0, 0.05) is 24.7 Å². The summed E-state index contributed by atoms with van der Waals surface area (Å²) in [5, 5.41) is 0. The molecule has 0 aromatic heterocycles. The number of Topliss-reactive ketones (excluding diaryl/α,β-unsaturated/α-hetero) is 1. The zero-order valence-corrected chi connectivity index (χ0v) is 13.5. The Labute approximate surface area is 126 Å². The van der Waals surface area contributed by atoms with Crippen LogP contribution in [0.3, 0.4) is 0 Å². The normalized spacial score (nSPS) is 23.0. The van der Waals surface area contributed by atoms with Gasteiger partial charge in [0.15, 0.2) is 5.78 Å². The minimum Gasteiger partial charge on any atom is -0.327 e. The van der Waals surface area contributed by atoms with Gasteiger partial charge in [-0.05, 0) is 30.9 Å². The molecule has 2 N–H and O–H groups in total. The molecule has 1 aliphatic rings. The molecule has 0 saturated carbocycles. The monoisotopic (exact) mass is 310 g/mol. The topological polar surface area (TPSA) is 80.5 Å². The third kappa shape index (κ3) is 3.17. The predicted octanol–water partition coefficient (Wildman–Crippen LogP) is 1.64. The summed E-state index contributed by atoms with van der Waals surface area (Å²) >= 11 is 0. The van der Waals surface area contributed by atoms with Crippen LogP contribution < -0.4 is 5.73 Å². The summed E-state index contributed by atoms with van der Waals surface area (Å²) in [6.07, 6.45) is 0.638. The lowest BCUT2D eigenvalue weighted by Crippen LogP contribution is -2.53. The van der Waals surface area contributed by atoms with Gasteiger partial charge in [0.05, 0.1) is 4.90 Å². The standard InChI is InChI=1S/C15H22N2O3S/c1-11(18)12-5-4-6-13(9-12)21(19,20)17-8-7-14(16)15(2,3)10-17/h4-6,9,14H,7-8,10,16H2,1-3H3. The maximum absolute atomic E-state index is 12.7. The first-order valence-electron chi connectivity index (χ1n) is 7.01. The Morgan fingerprint density at radius 1 is 1.38 bits per heavy atom. The molecule has 0 radical (unpaired) electrons. The second kappa shape index (κ2) is 5.51. The van der Waals surface area contributed by atoms with Gasteiger partial charge in [-0.3, -0.25) is 4.79 Å². The molecule has 0 amide bonds. The van der Waals surface area contributed by atoms with Crippen molar-refractivity contribution < 1.29 is 13.2 Å². The number of carbonyl (C=O) groups is 1. The van der Waals surface area contributed by atoms with Gasteiger partial charge in [0.25, 0.3) is 0 Å². The van der Waals surface area contributed by atoms with Crippen molar-refractivity contribution in [1.29, 1.82) is 0 Å². The summed E-state index contributed by atoms with van der Waals surface area (Å²) in [5.74, 6) is -0.145. The highest BCUT2D eigenvalue weighted by Crippen LogP contribution is 2.31. The van der Waals surface area contributed by atoms with Gasteiger partial charge in [0.1, 0.15) is 0 Å². The Bertz CT molecular complexity index is 653. The SMILES string of the molecule is CC(=O)c1cccc(S(=O)(=O)N2CCC(N)C(C)(C)C2)c1. The first kappa shape index (κ1) is 16.1. The van der Waals surface area contributed by atoms with E-state index in [1.54, 1.807) is 12.1 Å². The maximum Gasteiger partial charge on any atom is 0.243 e. The highest BCUT2D eigenvalue weighted by Gasteiger charge is 2.38. The van der Waals surface area contributed by atoms with Crippen LogP contribution in [0.1, 0.15) is 37.6 Å². The Morgan fingerprint density at radius 3 is 2.62 bits per heavy atom. The number of rotatable bonds is 3. The average Bonchev–Trinajstić information content (AvgIpc) is 2.41. The minimum atomic E-state index is -3.59. The van der Waals surface area contributed by atoms with Crippen LogP contribution >= 0.6 is 0 Å². The summed E-state index contributed by atoms with van der Waals surface area (Å²) in [6, 6.07) is 6.19. The van der Waals surface area contributed by atoms with E-state index in [0.29, 0.717) is 25.1 Å². The van der Waals surface area contributed by atoms with E-state index in [1.165, 1.54) is 23.4 Å². The number of nitrogens with two attached hydrogens (primary N) is 1. The van der Waals surface area contributed by atoms with E-state index in [-0.39, 0.29) is 22.1 Å². The van der Waals surface area contributed by atoms with Crippen molar-refractivity contribution in [1.82, 2.24) is 4.31 Å². The van der Waals surface area contributed by atoms with Crippen LogP contribution in [-0.4, -0.2) is 37.6 Å². The molecule has 1 aliphatic heterocycles. The van der Waals surface area contributed by atoms with Crippen LogP contribution in [0.25, 0.3) is 0 Å². The van der Waals surface area contributed by atoms with Crippen molar-refractivity contribution in [3.63, 3.8) is 0 Å². The van der Waals surface area contributed by atoms with Crippen LogP contribution in [0.5, 0.6) is 0 Å². The van der Waals surface area contributed by atoms with Gasteiger partial charge in [-0.15, -0.1) is 0 Å². The lowest BCUT2D eigenvalue weighted by molar-refractivity contribution is 0.101. The van der Waals surface area contributed by atoms with Crippen LogP contribution in [0.2, 0.25) is 0 Å². The van der Waals surface area contributed by atoms with Gasteiger partial charge in [-0.2, -0.15) is 4.31 Å². The Kier molecular flexibility index (Phi) is 4.24. The molecule has 2 rings (SSSR count). The molecule has 0 bridgehead atoms. The second-order valence-electron chi connectivity index (χ2n) is 6.31. The lowest BCUT2D eigenvalue weighted by Gasteiger charge is -2.41. The molecule has 1 saturated heterocycles. The first-order chi connectivity index (χ1) is 9.64. The van der Waals surface area contributed by atoms with E-state index in [9.17, 15) is 13.2 Å². The van der Waals surface area contributed by atoms with E-state index >= 15 is 0 Å². The molecule has 1 heterocycles. The van der Waals surface area contributed by atoms with E-state index in [2.05, 4.69) is 0 Å². The van der Waals surface area contributed by atoms with E-state index in [1.807, 2.05) is 13.8 Å². The van der Waals surface area contributed by atoms with Crippen LogP contribution in [0.4, 0.5) is 0 Å². The number of piperidine rings is 1. The van der Waals surface area contributed by atoms with Crippen molar-refractivity contribution >= 4 is 15.8 Å². The van der Waals surface area contributed by atoms with Gasteiger partial charge >= 0.3 is 0 Å². The molecule has 0 spiro atoms. The van der Waals surface area contributed by atoms with Crippen LogP contribution in [0.15, 0.2) is 29.2 Å². The number of sulfonamides is 1. The molecule has 0 aliphatic carbocycles. The average molecular weight is 310 g/mol. The summed E-state index contributed by atoms with van der Waals surface area (Å²) in [6.45, 7) is 6.18. The molecule has 1 atom stereocenters. The summed E-state index contributed by atoms with van der Waals surface area (Å²) < 4.78 is 26.9. The fourth-order valence-electron chi connectivity index (χ4n) is 2.55. The van der Waals surface area contributed by atoms with E-state index < -0.39 is 10.0 Å². The largest absolute Gasteiger partial charge is 0.327 e. The zero-order chi connectivity index (χ0) is 15.8. The fraction of sp³-hybridized carbons (Fsp3) is 0.533. The third-order valence-corrected chi connectivity index (χ3v) is 6.00. The quantitative estimate of drug-likeness (QED) is 0.861. The highest BCUT2D eigenvalue weighted by atomic mass is 32.2. The van der Waals surface area contributed by atoms with Crippen molar-refractivity contribution in [3.05, 3.63) is 29.8 Å². The van der Waals surface area contributed by atoms with Crippen molar-refractivity contribution in [3.8, 4) is 0 Å². The van der Waals surface area contributed by atoms with Gasteiger partial charge in [0.2, 0.25) is 10.0 Å². The van der Waals surface area contributed by atoms with Crippen molar-refractivity contribution in [2.75, 3.05) is 13.1 Å². The molecule has 6 heteroatoms. The summed E-state index contributed by atoms with van der Waals surface area (Å²) in [4.78, 5) is 11.6. The Hall–Kier alpha value is -1.24. The van der Waals surface area contributed by atoms with Gasteiger partial charge in [-0.1, -0.05) is 26.0 Å². The van der Waals surface area contributed by atoms with Crippen LogP contribution in [0, 0.1) is 5.41 Å². The fourth-order valence-corrected chi connectivity index (χ4v) is 4.23.